The van der Waals surface area contributed by atoms with Gasteiger partial charge in [-0.05, 0) is 37.6 Å². The lowest BCUT2D eigenvalue weighted by Crippen LogP contribution is -2.12. The molecule has 2 rings (SSSR count). The standard InChI is InChI=1S/C11H10BrClN2O2S2/c1-6-5-8(3-4-9(6)12)15-19(16,17)10-7(2)14-11(13)18-10/h3-5,15H,1-2H3. The highest BCUT2D eigenvalue weighted by molar-refractivity contribution is 9.10. The minimum absolute atomic E-state index is 0.137. The van der Waals surface area contributed by atoms with Crippen molar-refractivity contribution in [1.29, 1.82) is 0 Å². The predicted octanol–water partition coefficient (Wildman–Crippen LogP) is 3.98. The molecule has 0 amide bonds. The van der Waals surface area contributed by atoms with Gasteiger partial charge in [0.15, 0.2) is 8.68 Å². The van der Waals surface area contributed by atoms with Gasteiger partial charge in [0.25, 0.3) is 10.0 Å². The van der Waals surface area contributed by atoms with Crippen LogP contribution in [0.3, 0.4) is 0 Å². The van der Waals surface area contributed by atoms with Crippen molar-refractivity contribution in [2.45, 2.75) is 18.1 Å². The number of aryl methyl sites for hydroxylation is 2. The highest BCUT2D eigenvalue weighted by Crippen LogP contribution is 2.29. The minimum atomic E-state index is -3.65. The number of rotatable bonds is 3. The van der Waals surface area contributed by atoms with Gasteiger partial charge in [0.05, 0.1) is 5.69 Å². The molecule has 102 valence electrons. The van der Waals surface area contributed by atoms with Crippen molar-refractivity contribution in [2.75, 3.05) is 4.72 Å². The van der Waals surface area contributed by atoms with Crippen LogP contribution in [-0.4, -0.2) is 13.4 Å². The van der Waals surface area contributed by atoms with E-state index in [0.29, 0.717) is 11.4 Å². The molecule has 1 aromatic carbocycles. The Hall–Kier alpha value is -0.630. The summed E-state index contributed by atoms with van der Waals surface area (Å²) < 4.78 is 28.2. The van der Waals surface area contributed by atoms with Crippen molar-refractivity contribution >= 4 is 54.6 Å². The maximum atomic E-state index is 12.2. The maximum Gasteiger partial charge on any atom is 0.273 e. The second-order valence-electron chi connectivity index (χ2n) is 3.91. The van der Waals surface area contributed by atoms with Crippen molar-refractivity contribution in [3.8, 4) is 0 Å². The van der Waals surface area contributed by atoms with Gasteiger partial charge in [-0.1, -0.05) is 38.9 Å². The SMILES string of the molecule is Cc1cc(NS(=O)(=O)c2sc(Cl)nc2C)ccc1Br. The van der Waals surface area contributed by atoms with Crippen LogP contribution in [0.2, 0.25) is 4.47 Å². The van der Waals surface area contributed by atoms with Crippen LogP contribution in [0.25, 0.3) is 0 Å². The van der Waals surface area contributed by atoms with Gasteiger partial charge in [0.1, 0.15) is 0 Å². The molecule has 2 aromatic rings. The lowest BCUT2D eigenvalue weighted by molar-refractivity contribution is 0.602. The van der Waals surface area contributed by atoms with E-state index in [-0.39, 0.29) is 8.68 Å². The fourth-order valence-electron chi connectivity index (χ4n) is 1.51. The normalized spacial score (nSPS) is 11.6. The van der Waals surface area contributed by atoms with E-state index >= 15 is 0 Å². The fourth-order valence-corrected chi connectivity index (χ4v) is 4.55. The molecule has 1 heterocycles. The van der Waals surface area contributed by atoms with E-state index in [9.17, 15) is 8.42 Å². The molecule has 19 heavy (non-hydrogen) atoms. The summed E-state index contributed by atoms with van der Waals surface area (Å²) >= 11 is 10.0. The summed E-state index contributed by atoms with van der Waals surface area (Å²) in [5.74, 6) is 0. The first-order valence-electron chi connectivity index (χ1n) is 5.21. The molecule has 0 aliphatic carbocycles. The number of nitrogens with zero attached hydrogens (tertiary/aromatic N) is 1. The molecule has 1 aromatic heterocycles. The van der Waals surface area contributed by atoms with Gasteiger partial charge >= 0.3 is 0 Å². The number of halogens is 2. The van der Waals surface area contributed by atoms with Crippen molar-refractivity contribution in [2.24, 2.45) is 0 Å². The zero-order valence-corrected chi connectivity index (χ0v) is 14.0. The van der Waals surface area contributed by atoms with Gasteiger partial charge in [-0.3, -0.25) is 4.72 Å². The van der Waals surface area contributed by atoms with E-state index in [2.05, 4.69) is 25.6 Å². The monoisotopic (exact) mass is 380 g/mol. The number of nitrogens with one attached hydrogen (secondary N) is 1. The Morgan fingerprint density at radius 1 is 1.37 bits per heavy atom. The lowest BCUT2D eigenvalue weighted by Gasteiger charge is -2.08. The van der Waals surface area contributed by atoms with Crippen molar-refractivity contribution < 1.29 is 8.42 Å². The first kappa shape index (κ1) is 14.8. The number of hydrogen-bond acceptors (Lipinski definition) is 4. The van der Waals surface area contributed by atoms with Gasteiger partial charge in [0, 0.05) is 10.2 Å². The molecular weight excluding hydrogens is 372 g/mol. The van der Waals surface area contributed by atoms with Crippen molar-refractivity contribution in [3.05, 3.63) is 38.4 Å². The molecule has 0 bridgehead atoms. The van der Waals surface area contributed by atoms with Crippen LogP contribution in [-0.2, 0) is 10.0 Å². The fraction of sp³-hybridized carbons (Fsp3) is 0.182. The third kappa shape index (κ3) is 3.28. The quantitative estimate of drug-likeness (QED) is 0.875. The summed E-state index contributed by atoms with van der Waals surface area (Å²) in [4.78, 5) is 3.91. The molecule has 1 N–H and O–H groups in total. The second kappa shape index (κ2) is 5.40. The number of anilines is 1. The zero-order valence-electron chi connectivity index (χ0n) is 10.1. The van der Waals surface area contributed by atoms with Crippen LogP contribution < -0.4 is 4.72 Å². The molecule has 0 atom stereocenters. The zero-order chi connectivity index (χ0) is 14.2. The lowest BCUT2D eigenvalue weighted by atomic mass is 10.2. The average Bonchev–Trinajstić information content (AvgIpc) is 2.63. The summed E-state index contributed by atoms with van der Waals surface area (Å²) in [5, 5.41) is 0. The Bertz CT molecular complexity index is 728. The van der Waals surface area contributed by atoms with Gasteiger partial charge in [-0.25, -0.2) is 13.4 Å². The summed E-state index contributed by atoms with van der Waals surface area (Å²) in [5.41, 5.74) is 1.85. The van der Waals surface area contributed by atoms with Gasteiger partial charge in [-0.15, -0.1) is 0 Å². The number of hydrogen-bond donors (Lipinski definition) is 1. The smallest absolute Gasteiger partial charge is 0.273 e. The van der Waals surface area contributed by atoms with Gasteiger partial charge in [0.2, 0.25) is 0 Å². The maximum absolute atomic E-state index is 12.2. The number of aromatic nitrogens is 1. The first-order chi connectivity index (χ1) is 8.79. The number of thiazole rings is 1. The van der Waals surface area contributed by atoms with E-state index in [0.717, 1.165) is 21.4 Å². The molecular formula is C11H10BrClN2O2S2. The highest BCUT2D eigenvalue weighted by atomic mass is 79.9. The van der Waals surface area contributed by atoms with Gasteiger partial charge < -0.3 is 0 Å². The average molecular weight is 382 g/mol. The van der Waals surface area contributed by atoms with Crippen molar-refractivity contribution in [1.82, 2.24) is 4.98 Å². The first-order valence-corrected chi connectivity index (χ1v) is 8.68. The Morgan fingerprint density at radius 3 is 2.58 bits per heavy atom. The number of sulfonamides is 1. The Morgan fingerprint density at radius 2 is 2.05 bits per heavy atom. The largest absolute Gasteiger partial charge is 0.279 e. The van der Waals surface area contributed by atoms with Crippen LogP contribution in [0.15, 0.2) is 26.9 Å². The van der Waals surface area contributed by atoms with Crippen molar-refractivity contribution in [3.63, 3.8) is 0 Å². The summed E-state index contributed by atoms with van der Waals surface area (Å²) in [6, 6.07) is 5.23. The Kier molecular flexibility index (Phi) is 4.20. The van der Waals surface area contributed by atoms with Crippen LogP contribution in [0.1, 0.15) is 11.3 Å². The van der Waals surface area contributed by atoms with Crippen LogP contribution >= 0.6 is 38.9 Å². The van der Waals surface area contributed by atoms with E-state index in [1.807, 2.05) is 6.92 Å². The molecule has 0 aliphatic heterocycles. The Balaban J connectivity index is 2.36. The van der Waals surface area contributed by atoms with Crippen LogP contribution in [0.5, 0.6) is 0 Å². The Labute approximate surface area is 129 Å². The van der Waals surface area contributed by atoms with Crippen LogP contribution in [0, 0.1) is 13.8 Å². The minimum Gasteiger partial charge on any atom is -0.279 e. The molecule has 0 aliphatic rings. The molecule has 0 saturated heterocycles. The van der Waals surface area contributed by atoms with E-state index in [4.69, 9.17) is 11.6 Å². The molecule has 4 nitrogen and oxygen atoms in total. The third-order valence-electron chi connectivity index (χ3n) is 2.38. The molecule has 0 fully saturated rings. The predicted molar refractivity (Wildman–Crippen MR) is 81.5 cm³/mol. The molecule has 0 saturated carbocycles. The molecule has 0 unspecified atom stereocenters. The summed E-state index contributed by atoms with van der Waals surface area (Å²) in [7, 11) is -3.65. The summed E-state index contributed by atoms with van der Waals surface area (Å²) in [6.07, 6.45) is 0. The second-order valence-corrected chi connectivity index (χ2v) is 8.22. The molecule has 0 radical (unpaired) electrons. The number of benzene rings is 1. The molecule has 8 heteroatoms. The van der Waals surface area contributed by atoms with E-state index in [1.54, 1.807) is 25.1 Å². The summed E-state index contributed by atoms with van der Waals surface area (Å²) in [6.45, 7) is 3.50. The van der Waals surface area contributed by atoms with E-state index < -0.39 is 10.0 Å². The van der Waals surface area contributed by atoms with Crippen LogP contribution in [0.4, 0.5) is 5.69 Å². The molecule has 0 spiro atoms. The highest BCUT2D eigenvalue weighted by Gasteiger charge is 2.21. The third-order valence-corrected chi connectivity index (χ3v) is 6.52. The van der Waals surface area contributed by atoms with E-state index in [1.165, 1.54) is 0 Å². The van der Waals surface area contributed by atoms with Gasteiger partial charge in [-0.2, -0.15) is 0 Å². The topological polar surface area (TPSA) is 59.1 Å².